The number of hydrogen-bond donors (Lipinski definition) is 3. The number of carbonyl (C=O) groups excluding carboxylic acids is 1. The zero-order chi connectivity index (χ0) is 13.8. The molecule has 19 heavy (non-hydrogen) atoms. The van der Waals surface area contributed by atoms with Crippen molar-refractivity contribution in [3.8, 4) is 0 Å². The largest absolute Gasteiger partial charge is 0.464 e. The van der Waals surface area contributed by atoms with Gasteiger partial charge in [0, 0.05) is 11.4 Å². The molecular formula is C14H17N3O2. The van der Waals surface area contributed by atoms with Gasteiger partial charge in [-0.15, -0.1) is 0 Å². The van der Waals surface area contributed by atoms with E-state index in [0.29, 0.717) is 11.4 Å². The van der Waals surface area contributed by atoms with Gasteiger partial charge in [-0.1, -0.05) is 0 Å². The number of nitrogens with one attached hydrogen (secondary N) is 2. The zero-order valence-corrected chi connectivity index (χ0v) is 10.9. The first kappa shape index (κ1) is 13.0. The summed E-state index contributed by atoms with van der Waals surface area (Å²) in [5.74, 6) is 1.55. The van der Waals surface area contributed by atoms with Crippen LogP contribution in [0.25, 0.3) is 0 Å². The third-order valence-electron chi connectivity index (χ3n) is 2.70. The van der Waals surface area contributed by atoms with Crippen LogP contribution in [-0.2, 0) is 0 Å². The average Bonchev–Trinajstić information content (AvgIpc) is 2.79. The van der Waals surface area contributed by atoms with E-state index in [2.05, 4.69) is 10.6 Å². The Hall–Kier alpha value is -2.43. The van der Waals surface area contributed by atoms with Gasteiger partial charge in [0.1, 0.15) is 11.5 Å². The lowest BCUT2D eigenvalue weighted by Crippen LogP contribution is -2.30. The van der Waals surface area contributed by atoms with Gasteiger partial charge in [-0.05, 0) is 50.2 Å². The van der Waals surface area contributed by atoms with Crippen LogP contribution in [-0.4, -0.2) is 6.03 Å². The first-order chi connectivity index (χ1) is 9.04. The fraction of sp³-hybridized carbons (Fsp3) is 0.214. The Labute approximate surface area is 111 Å². The molecule has 4 N–H and O–H groups in total. The highest BCUT2D eigenvalue weighted by Crippen LogP contribution is 2.16. The van der Waals surface area contributed by atoms with Crippen molar-refractivity contribution in [3.05, 3.63) is 47.9 Å². The quantitative estimate of drug-likeness (QED) is 0.741. The Morgan fingerprint density at radius 2 is 1.89 bits per heavy atom. The van der Waals surface area contributed by atoms with E-state index >= 15 is 0 Å². The Morgan fingerprint density at radius 1 is 1.21 bits per heavy atom. The van der Waals surface area contributed by atoms with E-state index in [4.69, 9.17) is 10.2 Å². The van der Waals surface area contributed by atoms with Gasteiger partial charge in [-0.3, -0.25) is 0 Å². The van der Waals surface area contributed by atoms with Crippen LogP contribution < -0.4 is 16.4 Å². The van der Waals surface area contributed by atoms with E-state index in [0.717, 1.165) is 11.5 Å². The number of amides is 2. The number of carbonyl (C=O) groups is 1. The van der Waals surface area contributed by atoms with Crippen LogP contribution >= 0.6 is 0 Å². The molecule has 1 aromatic heterocycles. The van der Waals surface area contributed by atoms with Gasteiger partial charge < -0.3 is 20.8 Å². The highest BCUT2D eigenvalue weighted by Gasteiger charge is 2.12. The van der Waals surface area contributed by atoms with Crippen LogP contribution in [0.3, 0.4) is 0 Å². The molecule has 2 rings (SSSR count). The Balaban J connectivity index is 1.92. The van der Waals surface area contributed by atoms with Crippen molar-refractivity contribution in [2.75, 3.05) is 11.1 Å². The molecule has 0 aliphatic rings. The third kappa shape index (κ3) is 3.51. The molecule has 5 nitrogen and oxygen atoms in total. The summed E-state index contributed by atoms with van der Waals surface area (Å²) in [6.45, 7) is 3.73. The molecular weight excluding hydrogens is 242 g/mol. The highest BCUT2D eigenvalue weighted by molar-refractivity contribution is 5.89. The summed E-state index contributed by atoms with van der Waals surface area (Å²) in [6.07, 6.45) is 0. The summed E-state index contributed by atoms with van der Waals surface area (Å²) in [5, 5.41) is 5.53. The van der Waals surface area contributed by atoms with Gasteiger partial charge in [0.2, 0.25) is 0 Å². The topological polar surface area (TPSA) is 80.3 Å². The molecule has 0 aliphatic carbocycles. The maximum Gasteiger partial charge on any atom is 0.319 e. The molecule has 0 aliphatic heterocycles. The second-order valence-corrected chi connectivity index (χ2v) is 4.39. The predicted molar refractivity (Wildman–Crippen MR) is 74.9 cm³/mol. The van der Waals surface area contributed by atoms with Crippen molar-refractivity contribution >= 4 is 17.4 Å². The van der Waals surface area contributed by atoms with E-state index in [9.17, 15) is 4.79 Å². The van der Waals surface area contributed by atoms with Gasteiger partial charge in [0.05, 0.1) is 6.04 Å². The van der Waals surface area contributed by atoms with Crippen LogP contribution in [0.4, 0.5) is 16.2 Å². The smallest absolute Gasteiger partial charge is 0.319 e. The third-order valence-corrected chi connectivity index (χ3v) is 2.70. The fourth-order valence-electron chi connectivity index (χ4n) is 1.69. The number of nitrogen functional groups attached to an aromatic ring is 1. The van der Waals surface area contributed by atoms with Crippen LogP contribution in [0.2, 0.25) is 0 Å². The standard InChI is InChI=1S/C14H17N3O2/c1-9-3-8-13(19-9)10(2)16-14(18)17-12-6-4-11(15)5-7-12/h3-8,10H,15H2,1-2H3,(H2,16,17,18). The van der Waals surface area contributed by atoms with Crippen LogP contribution in [0.1, 0.15) is 24.5 Å². The number of furan rings is 1. The molecule has 0 spiro atoms. The normalized spacial score (nSPS) is 11.9. The summed E-state index contributed by atoms with van der Waals surface area (Å²) in [4.78, 5) is 11.8. The molecule has 0 saturated carbocycles. The van der Waals surface area contributed by atoms with Gasteiger partial charge in [0.15, 0.2) is 0 Å². The summed E-state index contributed by atoms with van der Waals surface area (Å²) in [5.41, 5.74) is 6.92. The Bertz CT molecular complexity index is 560. The minimum Gasteiger partial charge on any atom is -0.464 e. The van der Waals surface area contributed by atoms with Crippen LogP contribution in [0, 0.1) is 6.92 Å². The predicted octanol–water partition coefficient (Wildman–Crippen LogP) is 3.05. The first-order valence-electron chi connectivity index (χ1n) is 6.04. The fourth-order valence-corrected chi connectivity index (χ4v) is 1.69. The summed E-state index contributed by atoms with van der Waals surface area (Å²) in [7, 11) is 0. The zero-order valence-electron chi connectivity index (χ0n) is 10.9. The van der Waals surface area contributed by atoms with Crippen LogP contribution in [0.15, 0.2) is 40.8 Å². The summed E-state index contributed by atoms with van der Waals surface area (Å²) in [6, 6.07) is 10.2. The number of urea groups is 1. The number of anilines is 2. The van der Waals surface area contributed by atoms with E-state index < -0.39 is 0 Å². The number of rotatable bonds is 3. The molecule has 0 radical (unpaired) electrons. The van der Waals surface area contributed by atoms with Crippen molar-refractivity contribution in [1.82, 2.24) is 5.32 Å². The number of nitrogens with two attached hydrogens (primary N) is 1. The lowest BCUT2D eigenvalue weighted by molar-refractivity contribution is 0.247. The molecule has 1 aromatic carbocycles. The van der Waals surface area contributed by atoms with Gasteiger partial charge in [-0.2, -0.15) is 0 Å². The molecule has 0 saturated heterocycles. The van der Waals surface area contributed by atoms with E-state index in [1.54, 1.807) is 24.3 Å². The van der Waals surface area contributed by atoms with Gasteiger partial charge in [-0.25, -0.2) is 4.79 Å². The molecule has 1 atom stereocenters. The molecule has 100 valence electrons. The molecule has 0 fully saturated rings. The Kier molecular flexibility index (Phi) is 3.75. The first-order valence-corrected chi connectivity index (χ1v) is 6.04. The lowest BCUT2D eigenvalue weighted by atomic mass is 10.2. The van der Waals surface area contributed by atoms with Gasteiger partial charge in [0.25, 0.3) is 0 Å². The second kappa shape index (κ2) is 5.48. The maximum atomic E-state index is 11.8. The second-order valence-electron chi connectivity index (χ2n) is 4.39. The van der Waals surface area contributed by atoms with Crippen molar-refractivity contribution in [2.45, 2.75) is 19.9 Å². The molecule has 1 heterocycles. The SMILES string of the molecule is Cc1ccc(C(C)NC(=O)Nc2ccc(N)cc2)o1. The van der Waals surface area contributed by atoms with E-state index in [1.807, 2.05) is 26.0 Å². The summed E-state index contributed by atoms with van der Waals surface area (Å²) >= 11 is 0. The number of benzene rings is 1. The molecule has 2 amide bonds. The summed E-state index contributed by atoms with van der Waals surface area (Å²) < 4.78 is 5.45. The molecule has 0 bridgehead atoms. The van der Waals surface area contributed by atoms with Crippen molar-refractivity contribution < 1.29 is 9.21 Å². The number of aryl methyl sites for hydroxylation is 1. The minimum absolute atomic E-state index is 0.192. The van der Waals surface area contributed by atoms with Gasteiger partial charge >= 0.3 is 6.03 Å². The Morgan fingerprint density at radius 3 is 2.47 bits per heavy atom. The van der Waals surface area contributed by atoms with Crippen molar-refractivity contribution in [1.29, 1.82) is 0 Å². The van der Waals surface area contributed by atoms with Crippen molar-refractivity contribution in [3.63, 3.8) is 0 Å². The average molecular weight is 259 g/mol. The van der Waals surface area contributed by atoms with Crippen LogP contribution in [0.5, 0.6) is 0 Å². The maximum absolute atomic E-state index is 11.8. The molecule has 1 unspecified atom stereocenters. The lowest BCUT2D eigenvalue weighted by Gasteiger charge is -2.12. The minimum atomic E-state index is -0.286. The number of hydrogen-bond acceptors (Lipinski definition) is 3. The molecule has 5 heteroatoms. The van der Waals surface area contributed by atoms with E-state index in [-0.39, 0.29) is 12.1 Å². The van der Waals surface area contributed by atoms with Crippen molar-refractivity contribution in [2.24, 2.45) is 0 Å². The van der Waals surface area contributed by atoms with E-state index in [1.165, 1.54) is 0 Å². The highest BCUT2D eigenvalue weighted by atomic mass is 16.3. The monoisotopic (exact) mass is 259 g/mol. The molecule has 2 aromatic rings.